The number of aromatic nitrogens is 6. The van der Waals surface area contributed by atoms with E-state index in [1.165, 1.54) is 0 Å². The molecule has 9 heteroatoms. The monoisotopic (exact) mass is 381 g/mol. The number of hydrogen-bond acceptors (Lipinski definition) is 6. The molecule has 1 aliphatic rings. The summed E-state index contributed by atoms with van der Waals surface area (Å²) in [4.78, 5) is 22.3. The number of nitrogens with zero attached hydrogens (tertiary/aromatic N) is 7. The van der Waals surface area contributed by atoms with Crippen molar-refractivity contribution >= 4 is 11.8 Å². The fraction of sp³-hybridized carbons (Fsp3) is 0.421. The molecule has 0 aliphatic carbocycles. The van der Waals surface area contributed by atoms with Crippen LogP contribution >= 0.6 is 0 Å². The molecule has 146 valence electrons. The first-order valence-electron chi connectivity index (χ1n) is 9.32. The smallest absolute Gasteiger partial charge is 0.339 e. The van der Waals surface area contributed by atoms with E-state index in [0.29, 0.717) is 18.9 Å². The lowest BCUT2D eigenvalue weighted by molar-refractivity contribution is 0.0697. The molecule has 28 heavy (non-hydrogen) atoms. The normalized spacial score (nSPS) is 17.1. The SMILES string of the molecule is Cc1ccc(C(=O)O)c(N2CCC[C@H](c3nnc(Cn4ccnc4)n3C)C2)n1. The van der Waals surface area contributed by atoms with Gasteiger partial charge in [0.05, 0.1) is 12.9 Å². The first-order valence-corrected chi connectivity index (χ1v) is 9.32. The van der Waals surface area contributed by atoms with Crippen molar-refractivity contribution in [1.29, 1.82) is 0 Å². The van der Waals surface area contributed by atoms with Crippen molar-refractivity contribution in [3.8, 4) is 0 Å². The minimum Gasteiger partial charge on any atom is -0.478 e. The van der Waals surface area contributed by atoms with Crippen molar-refractivity contribution in [2.45, 2.75) is 32.2 Å². The van der Waals surface area contributed by atoms with Gasteiger partial charge in [0.25, 0.3) is 0 Å². The van der Waals surface area contributed by atoms with Crippen LogP contribution in [-0.4, -0.2) is 53.5 Å². The number of carboxylic acid groups (broad SMARTS) is 1. The Hall–Kier alpha value is -3.23. The number of carbonyl (C=O) groups is 1. The number of pyridine rings is 1. The third-order valence-corrected chi connectivity index (χ3v) is 5.21. The van der Waals surface area contributed by atoms with Crippen molar-refractivity contribution in [2.75, 3.05) is 18.0 Å². The largest absolute Gasteiger partial charge is 0.478 e. The lowest BCUT2D eigenvalue weighted by Gasteiger charge is -2.33. The summed E-state index contributed by atoms with van der Waals surface area (Å²) in [7, 11) is 1.98. The molecule has 1 aliphatic heterocycles. The van der Waals surface area contributed by atoms with Gasteiger partial charge in [0, 0.05) is 44.1 Å². The minimum absolute atomic E-state index is 0.173. The fourth-order valence-electron chi connectivity index (χ4n) is 3.74. The predicted molar refractivity (Wildman–Crippen MR) is 102 cm³/mol. The Bertz CT molecular complexity index is 980. The van der Waals surface area contributed by atoms with Gasteiger partial charge in [-0.2, -0.15) is 0 Å². The summed E-state index contributed by atoms with van der Waals surface area (Å²) in [6.07, 6.45) is 7.33. The molecule has 3 aromatic rings. The van der Waals surface area contributed by atoms with Gasteiger partial charge in [-0.25, -0.2) is 14.8 Å². The van der Waals surface area contributed by atoms with Gasteiger partial charge in [-0.15, -0.1) is 10.2 Å². The second-order valence-corrected chi connectivity index (χ2v) is 7.18. The summed E-state index contributed by atoms with van der Waals surface area (Å²) >= 11 is 0. The van der Waals surface area contributed by atoms with E-state index in [2.05, 4.69) is 25.1 Å². The van der Waals surface area contributed by atoms with E-state index < -0.39 is 5.97 Å². The molecule has 0 radical (unpaired) electrons. The summed E-state index contributed by atoms with van der Waals surface area (Å²) in [6, 6.07) is 3.37. The first kappa shape index (κ1) is 18.1. The van der Waals surface area contributed by atoms with Gasteiger partial charge in [0.15, 0.2) is 5.82 Å². The average molecular weight is 381 g/mol. The van der Waals surface area contributed by atoms with Gasteiger partial charge in [0.2, 0.25) is 0 Å². The van der Waals surface area contributed by atoms with Crippen LogP contribution in [0.4, 0.5) is 5.82 Å². The number of aryl methyl sites for hydroxylation is 1. The van der Waals surface area contributed by atoms with E-state index in [0.717, 1.165) is 36.7 Å². The van der Waals surface area contributed by atoms with Crippen molar-refractivity contribution < 1.29 is 9.90 Å². The van der Waals surface area contributed by atoms with E-state index in [-0.39, 0.29) is 11.5 Å². The molecule has 0 bridgehead atoms. The third-order valence-electron chi connectivity index (χ3n) is 5.21. The van der Waals surface area contributed by atoms with Crippen LogP contribution in [0, 0.1) is 6.92 Å². The van der Waals surface area contributed by atoms with Crippen molar-refractivity contribution in [1.82, 2.24) is 29.3 Å². The van der Waals surface area contributed by atoms with Crippen LogP contribution in [0.15, 0.2) is 30.9 Å². The molecule has 0 unspecified atom stereocenters. The zero-order valence-electron chi connectivity index (χ0n) is 16.0. The van der Waals surface area contributed by atoms with Crippen LogP contribution in [0.1, 0.15) is 46.5 Å². The third kappa shape index (κ3) is 3.47. The van der Waals surface area contributed by atoms with Crippen LogP contribution in [-0.2, 0) is 13.6 Å². The van der Waals surface area contributed by atoms with Gasteiger partial charge >= 0.3 is 5.97 Å². The van der Waals surface area contributed by atoms with E-state index in [1.54, 1.807) is 24.7 Å². The number of piperidine rings is 1. The summed E-state index contributed by atoms with van der Waals surface area (Å²) < 4.78 is 3.99. The van der Waals surface area contributed by atoms with Crippen LogP contribution in [0.25, 0.3) is 0 Å². The van der Waals surface area contributed by atoms with E-state index in [9.17, 15) is 9.90 Å². The summed E-state index contributed by atoms with van der Waals surface area (Å²) in [6.45, 7) is 3.95. The Kier molecular flexibility index (Phi) is 4.81. The molecule has 3 aromatic heterocycles. The Morgan fingerprint density at radius 2 is 2.18 bits per heavy atom. The molecule has 9 nitrogen and oxygen atoms in total. The van der Waals surface area contributed by atoms with Gasteiger partial charge in [-0.05, 0) is 31.9 Å². The second-order valence-electron chi connectivity index (χ2n) is 7.18. The zero-order valence-corrected chi connectivity index (χ0v) is 16.0. The maximum absolute atomic E-state index is 11.6. The summed E-state index contributed by atoms with van der Waals surface area (Å²) in [5, 5.41) is 18.3. The number of rotatable bonds is 5. The quantitative estimate of drug-likeness (QED) is 0.719. The minimum atomic E-state index is -0.953. The fourth-order valence-corrected chi connectivity index (χ4v) is 3.74. The Morgan fingerprint density at radius 1 is 1.32 bits per heavy atom. The highest BCUT2D eigenvalue weighted by Crippen LogP contribution is 2.30. The number of aromatic carboxylic acids is 1. The van der Waals surface area contributed by atoms with Crippen LogP contribution < -0.4 is 4.90 Å². The van der Waals surface area contributed by atoms with Crippen LogP contribution in [0.2, 0.25) is 0 Å². The van der Waals surface area contributed by atoms with Crippen molar-refractivity contribution in [2.24, 2.45) is 7.05 Å². The Balaban J connectivity index is 1.58. The molecule has 4 heterocycles. The molecule has 1 atom stereocenters. The average Bonchev–Trinajstić information content (AvgIpc) is 3.32. The molecule has 1 fully saturated rings. The molecule has 0 amide bonds. The molecule has 0 aromatic carbocycles. The van der Waals surface area contributed by atoms with E-state index >= 15 is 0 Å². The lowest BCUT2D eigenvalue weighted by Crippen LogP contribution is -2.37. The molecule has 1 saturated heterocycles. The summed E-state index contributed by atoms with van der Waals surface area (Å²) in [5.41, 5.74) is 1.05. The maximum Gasteiger partial charge on any atom is 0.339 e. The first-order chi connectivity index (χ1) is 13.5. The highest BCUT2D eigenvalue weighted by atomic mass is 16.4. The predicted octanol–water partition coefficient (Wildman–Crippen LogP) is 1.85. The molecular formula is C19H23N7O2. The number of hydrogen-bond donors (Lipinski definition) is 1. The highest BCUT2D eigenvalue weighted by Gasteiger charge is 2.29. The molecule has 0 spiro atoms. The van der Waals surface area contributed by atoms with Gasteiger partial charge in [0.1, 0.15) is 17.2 Å². The summed E-state index contributed by atoms with van der Waals surface area (Å²) in [5.74, 6) is 1.55. The van der Waals surface area contributed by atoms with E-state index in [4.69, 9.17) is 0 Å². The molecular weight excluding hydrogens is 358 g/mol. The van der Waals surface area contributed by atoms with E-state index in [1.807, 2.05) is 29.3 Å². The topological polar surface area (TPSA) is 102 Å². The van der Waals surface area contributed by atoms with Crippen molar-refractivity contribution in [3.63, 3.8) is 0 Å². The molecule has 0 saturated carbocycles. The Labute approximate surface area is 162 Å². The Morgan fingerprint density at radius 3 is 2.93 bits per heavy atom. The standard InChI is InChI=1S/C19H23N7O2/c1-13-5-6-15(19(27)28)18(21-13)26-8-3-4-14(10-26)17-23-22-16(24(17)2)11-25-9-7-20-12-25/h5-7,9,12,14H,3-4,8,10-11H2,1-2H3,(H,27,28)/t14-/m0/s1. The van der Waals surface area contributed by atoms with Crippen molar-refractivity contribution in [3.05, 3.63) is 53.8 Å². The number of imidazole rings is 1. The number of anilines is 1. The zero-order chi connectivity index (χ0) is 19.7. The van der Waals surface area contributed by atoms with Crippen LogP contribution in [0.5, 0.6) is 0 Å². The van der Waals surface area contributed by atoms with Gasteiger partial charge in [-0.1, -0.05) is 0 Å². The number of carboxylic acids is 1. The van der Waals surface area contributed by atoms with Crippen LogP contribution in [0.3, 0.4) is 0 Å². The van der Waals surface area contributed by atoms with Gasteiger partial charge in [-0.3, -0.25) is 0 Å². The second kappa shape index (κ2) is 7.41. The maximum atomic E-state index is 11.6. The van der Waals surface area contributed by atoms with Gasteiger partial charge < -0.3 is 19.1 Å². The molecule has 1 N–H and O–H groups in total. The highest BCUT2D eigenvalue weighted by molar-refractivity contribution is 5.93. The lowest BCUT2D eigenvalue weighted by atomic mass is 9.96. The molecule has 4 rings (SSSR count).